The van der Waals surface area contributed by atoms with Gasteiger partial charge >= 0.3 is 5.97 Å². The summed E-state index contributed by atoms with van der Waals surface area (Å²) in [6.45, 7) is 0. The fourth-order valence-corrected chi connectivity index (χ4v) is 2.65. The van der Waals surface area contributed by atoms with Gasteiger partial charge < -0.3 is 10.4 Å². The van der Waals surface area contributed by atoms with E-state index >= 15 is 0 Å². The number of likely N-dealkylation sites (N-methyl/N-ethyl adjacent to an activating group) is 1. The first-order valence-electron chi connectivity index (χ1n) is 7.03. The van der Waals surface area contributed by atoms with E-state index in [1.165, 1.54) is 25.7 Å². The van der Waals surface area contributed by atoms with Crippen LogP contribution in [-0.4, -0.2) is 23.7 Å². The van der Waals surface area contributed by atoms with Gasteiger partial charge in [0.15, 0.2) is 0 Å². The van der Waals surface area contributed by atoms with Gasteiger partial charge in [0.05, 0.1) is 0 Å². The Kier molecular flexibility index (Phi) is 4.74. The van der Waals surface area contributed by atoms with Crippen LogP contribution in [0.5, 0.6) is 0 Å². The second-order valence-corrected chi connectivity index (χ2v) is 5.28. The molecule has 0 unspecified atom stereocenters. The van der Waals surface area contributed by atoms with Gasteiger partial charge in [-0.25, -0.2) is 4.79 Å². The molecule has 2 N–H and O–H groups in total. The summed E-state index contributed by atoms with van der Waals surface area (Å²) in [7, 11) is 2.02. The number of carboxylic acid groups (broad SMARTS) is 1. The Labute approximate surface area is 120 Å². The summed E-state index contributed by atoms with van der Waals surface area (Å²) in [6.07, 6.45) is 12.1. The minimum atomic E-state index is -0.925. The zero-order valence-corrected chi connectivity index (χ0v) is 11.8. The van der Waals surface area contributed by atoms with Crippen LogP contribution in [0.15, 0.2) is 36.4 Å². The average molecular weight is 271 g/mol. The molecule has 0 atom stereocenters. The monoisotopic (exact) mass is 271 g/mol. The number of rotatable bonds is 5. The third-order valence-corrected chi connectivity index (χ3v) is 3.94. The molecule has 1 aliphatic rings. The van der Waals surface area contributed by atoms with E-state index in [2.05, 4.69) is 17.5 Å². The maximum absolute atomic E-state index is 10.5. The van der Waals surface area contributed by atoms with E-state index in [0.717, 1.165) is 17.2 Å². The molecule has 0 bridgehead atoms. The highest BCUT2D eigenvalue weighted by molar-refractivity contribution is 5.85. The number of nitrogens with one attached hydrogen (secondary N) is 1. The molecule has 0 amide bonds. The Balaban J connectivity index is 2.05. The molecule has 3 nitrogen and oxygen atoms in total. The largest absolute Gasteiger partial charge is 0.478 e. The average Bonchev–Trinajstić information content (AvgIpc) is 2.93. The van der Waals surface area contributed by atoms with Gasteiger partial charge in [0.2, 0.25) is 0 Å². The van der Waals surface area contributed by atoms with Crippen molar-refractivity contribution < 1.29 is 9.90 Å². The molecule has 2 rings (SSSR count). The van der Waals surface area contributed by atoms with Crippen LogP contribution in [0.1, 0.15) is 36.8 Å². The lowest BCUT2D eigenvalue weighted by Gasteiger charge is -2.24. The fourth-order valence-electron chi connectivity index (χ4n) is 2.65. The van der Waals surface area contributed by atoms with Crippen LogP contribution in [0.25, 0.3) is 12.2 Å². The number of carbonyl (C=O) groups is 1. The van der Waals surface area contributed by atoms with E-state index < -0.39 is 5.97 Å². The highest BCUT2D eigenvalue weighted by Gasteiger charge is 2.28. The molecule has 0 heterocycles. The summed E-state index contributed by atoms with van der Waals surface area (Å²) in [6, 6.07) is 7.88. The smallest absolute Gasteiger partial charge is 0.328 e. The molecule has 0 saturated heterocycles. The Bertz CT molecular complexity index is 508. The zero-order valence-electron chi connectivity index (χ0n) is 11.8. The Morgan fingerprint density at radius 3 is 2.20 bits per heavy atom. The number of carboxylic acids is 1. The van der Waals surface area contributed by atoms with E-state index in [1.807, 2.05) is 31.3 Å². The molecule has 20 heavy (non-hydrogen) atoms. The molecule has 0 aliphatic heterocycles. The maximum Gasteiger partial charge on any atom is 0.328 e. The van der Waals surface area contributed by atoms with Crippen molar-refractivity contribution >= 4 is 18.1 Å². The summed E-state index contributed by atoms with van der Waals surface area (Å²) < 4.78 is 0. The maximum atomic E-state index is 10.5. The van der Waals surface area contributed by atoms with Crippen LogP contribution in [0.2, 0.25) is 0 Å². The number of aliphatic carboxylic acids is 1. The number of hydrogen-bond acceptors (Lipinski definition) is 2. The van der Waals surface area contributed by atoms with E-state index in [9.17, 15) is 4.79 Å². The molecule has 1 aliphatic carbocycles. The van der Waals surface area contributed by atoms with Gasteiger partial charge in [0.1, 0.15) is 0 Å². The Hall–Kier alpha value is -1.87. The van der Waals surface area contributed by atoms with E-state index in [4.69, 9.17) is 5.11 Å². The van der Waals surface area contributed by atoms with Gasteiger partial charge in [-0.3, -0.25) is 0 Å². The van der Waals surface area contributed by atoms with Gasteiger partial charge in [0.25, 0.3) is 0 Å². The Morgan fingerprint density at radius 1 is 1.15 bits per heavy atom. The molecule has 0 aromatic heterocycles. The second kappa shape index (κ2) is 6.53. The van der Waals surface area contributed by atoms with E-state index in [1.54, 1.807) is 6.08 Å². The zero-order chi connectivity index (χ0) is 14.4. The Morgan fingerprint density at radius 2 is 1.70 bits per heavy atom. The van der Waals surface area contributed by atoms with Crippen molar-refractivity contribution in [2.75, 3.05) is 7.05 Å². The normalized spacial score (nSPS) is 18.1. The second-order valence-electron chi connectivity index (χ2n) is 5.28. The van der Waals surface area contributed by atoms with Crippen molar-refractivity contribution in [1.29, 1.82) is 0 Å². The van der Waals surface area contributed by atoms with Crippen molar-refractivity contribution in [3.8, 4) is 0 Å². The lowest BCUT2D eigenvalue weighted by Crippen LogP contribution is -2.37. The van der Waals surface area contributed by atoms with E-state index in [0.29, 0.717) is 0 Å². The van der Waals surface area contributed by atoms with Crippen LogP contribution < -0.4 is 5.32 Å². The standard InChI is InChI=1S/C17H21NO2/c1-18-17(11-2-3-12-17)13-10-15-6-4-14(5-7-15)8-9-16(19)20/h4-10,13,18H,2-3,11-12H2,1H3,(H,19,20)/b9-8+,13-10+. The molecule has 1 fully saturated rings. The van der Waals surface area contributed by atoms with Gasteiger partial charge in [0, 0.05) is 11.6 Å². The van der Waals surface area contributed by atoms with Crippen LogP contribution in [0, 0.1) is 0 Å². The minimum absolute atomic E-state index is 0.155. The third kappa shape index (κ3) is 3.81. The molecule has 0 spiro atoms. The van der Waals surface area contributed by atoms with Crippen LogP contribution in [0.3, 0.4) is 0 Å². The first-order chi connectivity index (χ1) is 9.63. The predicted octanol–water partition coefficient (Wildman–Crippen LogP) is 3.33. The predicted molar refractivity (Wildman–Crippen MR) is 82.4 cm³/mol. The summed E-state index contributed by atoms with van der Waals surface area (Å²) in [5, 5.41) is 12.0. The first-order valence-corrected chi connectivity index (χ1v) is 7.03. The molecular formula is C17H21NO2. The lowest BCUT2D eigenvalue weighted by atomic mass is 9.96. The van der Waals surface area contributed by atoms with Crippen molar-refractivity contribution in [2.45, 2.75) is 31.2 Å². The summed E-state index contributed by atoms with van der Waals surface area (Å²) in [4.78, 5) is 10.5. The fraction of sp³-hybridized carbons (Fsp3) is 0.353. The SMILES string of the molecule is CNC1(/C=C/c2ccc(/C=C/C(=O)O)cc2)CCCC1. The minimum Gasteiger partial charge on any atom is -0.478 e. The molecule has 1 aromatic carbocycles. The molecule has 106 valence electrons. The van der Waals surface area contributed by atoms with Crippen molar-refractivity contribution in [1.82, 2.24) is 5.32 Å². The molecule has 1 aromatic rings. The molecule has 0 radical (unpaired) electrons. The van der Waals surface area contributed by atoms with Gasteiger partial charge in [-0.1, -0.05) is 49.3 Å². The van der Waals surface area contributed by atoms with Crippen molar-refractivity contribution in [3.63, 3.8) is 0 Å². The van der Waals surface area contributed by atoms with Gasteiger partial charge in [-0.05, 0) is 37.1 Å². The van der Waals surface area contributed by atoms with E-state index in [-0.39, 0.29) is 5.54 Å². The molecule has 3 heteroatoms. The topological polar surface area (TPSA) is 49.3 Å². The molecular weight excluding hydrogens is 250 g/mol. The number of benzene rings is 1. The van der Waals surface area contributed by atoms with Gasteiger partial charge in [-0.2, -0.15) is 0 Å². The highest BCUT2D eigenvalue weighted by atomic mass is 16.4. The van der Waals surface area contributed by atoms with Crippen molar-refractivity contribution in [3.05, 3.63) is 47.5 Å². The van der Waals surface area contributed by atoms with Gasteiger partial charge in [-0.15, -0.1) is 0 Å². The molecule has 1 saturated carbocycles. The quantitative estimate of drug-likeness (QED) is 0.808. The first kappa shape index (κ1) is 14.5. The summed E-state index contributed by atoms with van der Waals surface area (Å²) in [5.74, 6) is -0.925. The van der Waals surface area contributed by atoms with Crippen LogP contribution >= 0.6 is 0 Å². The number of hydrogen-bond donors (Lipinski definition) is 2. The van der Waals surface area contributed by atoms with Crippen molar-refractivity contribution in [2.24, 2.45) is 0 Å². The van der Waals surface area contributed by atoms with Crippen LogP contribution in [-0.2, 0) is 4.79 Å². The lowest BCUT2D eigenvalue weighted by molar-refractivity contribution is -0.131. The highest BCUT2D eigenvalue weighted by Crippen LogP contribution is 2.31. The third-order valence-electron chi connectivity index (χ3n) is 3.94. The van der Waals surface area contributed by atoms with Crippen LogP contribution in [0.4, 0.5) is 0 Å². The summed E-state index contributed by atoms with van der Waals surface area (Å²) >= 11 is 0. The summed E-state index contributed by atoms with van der Waals surface area (Å²) in [5.41, 5.74) is 2.19.